The van der Waals surface area contributed by atoms with E-state index in [9.17, 15) is 4.79 Å². The minimum Gasteiger partial charge on any atom is -0.496 e. The molecular formula is C16H13NO4. The molecule has 0 saturated carbocycles. The Morgan fingerprint density at radius 2 is 2.10 bits per heavy atom. The molecule has 0 fully saturated rings. The number of hydrogen-bond acceptors (Lipinski definition) is 4. The highest BCUT2D eigenvalue weighted by molar-refractivity contribution is 5.80. The van der Waals surface area contributed by atoms with Gasteiger partial charge in [0.1, 0.15) is 11.3 Å². The number of carboxylic acids is 1. The molecule has 21 heavy (non-hydrogen) atoms. The lowest BCUT2D eigenvalue weighted by Crippen LogP contribution is -1.99. The fourth-order valence-electron chi connectivity index (χ4n) is 2.19. The van der Waals surface area contributed by atoms with Gasteiger partial charge in [-0.3, -0.25) is 4.79 Å². The number of hydrogen-bond donors (Lipinski definition) is 1. The quantitative estimate of drug-likeness (QED) is 0.796. The zero-order valence-corrected chi connectivity index (χ0v) is 11.4. The smallest absolute Gasteiger partial charge is 0.307 e. The molecule has 0 atom stereocenters. The number of nitrogens with zero attached hydrogens (tertiary/aromatic N) is 1. The van der Waals surface area contributed by atoms with Crippen molar-refractivity contribution in [2.75, 3.05) is 7.11 Å². The van der Waals surface area contributed by atoms with Crippen molar-refractivity contribution in [2.45, 2.75) is 6.42 Å². The number of methoxy groups -OCH3 is 1. The molecule has 0 radical (unpaired) electrons. The molecule has 0 unspecified atom stereocenters. The maximum absolute atomic E-state index is 10.8. The van der Waals surface area contributed by atoms with Crippen LogP contribution < -0.4 is 4.74 Å². The second-order valence-electron chi connectivity index (χ2n) is 4.59. The molecule has 0 spiro atoms. The largest absolute Gasteiger partial charge is 0.496 e. The number of rotatable bonds is 4. The topological polar surface area (TPSA) is 72.6 Å². The Bertz CT molecular complexity index is 807. The van der Waals surface area contributed by atoms with Gasteiger partial charge in [0.2, 0.25) is 5.89 Å². The Hall–Kier alpha value is -2.82. The van der Waals surface area contributed by atoms with Crippen LogP contribution in [-0.4, -0.2) is 23.2 Å². The summed E-state index contributed by atoms with van der Waals surface area (Å²) >= 11 is 0. The molecule has 0 bridgehead atoms. The predicted octanol–water partition coefficient (Wildman–Crippen LogP) is 3.13. The summed E-state index contributed by atoms with van der Waals surface area (Å²) in [5, 5.41) is 8.83. The van der Waals surface area contributed by atoms with Gasteiger partial charge in [-0.1, -0.05) is 18.2 Å². The van der Waals surface area contributed by atoms with Gasteiger partial charge in [-0.05, 0) is 29.8 Å². The van der Waals surface area contributed by atoms with Gasteiger partial charge < -0.3 is 14.3 Å². The van der Waals surface area contributed by atoms with Crippen LogP contribution in [0.15, 0.2) is 46.9 Å². The van der Waals surface area contributed by atoms with Crippen LogP contribution in [-0.2, 0) is 11.2 Å². The van der Waals surface area contributed by atoms with Gasteiger partial charge in [0, 0.05) is 0 Å². The van der Waals surface area contributed by atoms with E-state index < -0.39 is 5.97 Å². The summed E-state index contributed by atoms with van der Waals surface area (Å²) in [5.74, 6) is 0.257. The molecule has 106 valence electrons. The monoisotopic (exact) mass is 283 g/mol. The Balaban J connectivity index is 2.06. The van der Waals surface area contributed by atoms with Crippen molar-refractivity contribution in [3.05, 3.63) is 48.0 Å². The fourth-order valence-corrected chi connectivity index (χ4v) is 2.19. The van der Waals surface area contributed by atoms with Crippen molar-refractivity contribution in [2.24, 2.45) is 0 Å². The van der Waals surface area contributed by atoms with Gasteiger partial charge >= 0.3 is 5.97 Å². The number of oxazole rings is 1. The van der Waals surface area contributed by atoms with Gasteiger partial charge in [0.05, 0.1) is 19.1 Å². The Kier molecular flexibility index (Phi) is 3.31. The van der Waals surface area contributed by atoms with E-state index in [1.165, 1.54) is 0 Å². The van der Waals surface area contributed by atoms with E-state index >= 15 is 0 Å². The van der Waals surface area contributed by atoms with Gasteiger partial charge in [0.25, 0.3) is 0 Å². The maximum atomic E-state index is 10.8. The highest BCUT2D eigenvalue weighted by atomic mass is 16.5. The molecule has 0 aliphatic carbocycles. The summed E-state index contributed by atoms with van der Waals surface area (Å²) in [6, 6.07) is 12.6. The van der Waals surface area contributed by atoms with Crippen LogP contribution >= 0.6 is 0 Å². The van der Waals surface area contributed by atoms with Gasteiger partial charge in [0.15, 0.2) is 5.58 Å². The number of ether oxygens (including phenoxy) is 1. The Morgan fingerprint density at radius 3 is 2.86 bits per heavy atom. The van der Waals surface area contributed by atoms with Crippen LogP contribution in [0, 0.1) is 0 Å². The second kappa shape index (κ2) is 5.28. The summed E-state index contributed by atoms with van der Waals surface area (Å²) in [5.41, 5.74) is 2.70. The molecule has 3 aromatic rings. The number of aromatic nitrogens is 1. The van der Waals surface area contributed by atoms with Gasteiger partial charge in [-0.2, -0.15) is 0 Å². The third-order valence-electron chi connectivity index (χ3n) is 3.14. The lowest BCUT2D eigenvalue weighted by atomic mass is 10.1. The number of benzene rings is 2. The van der Waals surface area contributed by atoms with Crippen LogP contribution in [0.3, 0.4) is 0 Å². The van der Waals surface area contributed by atoms with E-state index in [-0.39, 0.29) is 6.42 Å². The molecule has 1 N–H and O–H groups in total. The standard InChI is InChI=1S/C16H13NO4/c1-20-13-5-3-2-4-11(13)16-17-12-8-10(9-15(18)19)6-7-14(12)21-16/h2-8H,9H2,1H3,(H,18,19). The van der Waals surface area contributed by atoms with Crippen LogP contribution in [0.2, 0.25) is 0 Å². The molecule has 5 nitrogen and oxygen atoms in total. The molecule has 1 heterocycles. The number of fused-ring (bicyclic) bond motifs is 1. The van der Waals surface area contributed by atoms with Crippen LogP contribution in [0.5, 0.6) is 5.75 Å². The summed E-state index contributed by atoms with van der Waals surface area (Å²) in [7, 11) is 1.59. The summed E-state index contributed by atoms with van der Waals surface area (Å²) < 4.78 is 11.0. The minimum atomic E-state index is -0.872. The lowest BCUT2D eigenvalue weighted by molar-refractivity contribution is -0.136. The third-order valence-corrected chi connectivity index (χ3v) is 3.14. The molecule has 0 aliphatic heterocycles. The molecular weight excluding hydrogens is 270 g/mol. The summed E-state index contributed by atoms with van der Waals surface area (Å²) in [6.07, 6.45) is -0.0349. The highest BCUT2D eigenvalue weighted by Crippen LogP contribution is 2.31. The molecule has 0 amide bonds. The van der Waals surface area contributed by atoms with E-state index in [2.05, 4.69) is 4.98 Å². The zero-order valence-electron chi connectivity index (χ0n) is 11.4. The van der Waals surface area contributed by atoms with Crippen LogP contribution in [0.4, 0.5) is 0 Å². The average molecular weight is 283 g/mol. The number of aliphatic carboxylic acids is 1. The van der Waals surface area contributed by atoms with Crippen molar-refractivity contribution in [3.63, 3.8) is 0 Å². The maximum Gasteiger partial charge on any atom is 0.307 e. The summed E-state index contributed by atoms with van der Waals surface area (Å²) in [6.45, 7) is 0. The van der Waals surface area contributed by atoms with E-state index in [0.717, 1.165) is 5.56 Å². The SMILES string of the molecule is COc1ccccc1-c1nc2cc(CC(=O)O)ccc2o1. The first-order chi connectivity index (χ1) is 10.2. The van der Waals surface area contributed by atoms with Crippen molar-refractivity contribution >= 4 is 17.1 Å². The zero-order chi connectivity index (χ0) is 14.8. The van der Waals surface area contributed by atoms with Gasteiger partial charge in [-0.25, -0.2) is 4.98 Å². The Morgan fingerprint density at radius 1 is 1.29 bits per heavy atom. The van der Waals surface area contributed by atoms with Crippen LogP contribution in [0.1, 0.15) is 5.56 Å². The molecule has 0 aliphatic rings. The first kappa shape index (κ1) is 13.2. The molecule has 3 rings (SSSR count). The van der Waals surface area contributed by atoms with Crippen molar-refractivity contribution in [1.29, 1.82) is 0 Å². The first-order valence-corrected chi connectivity index (χ1v) is 6.42. The third kappa shape index (κ3) is 2.58. The molecule has 0 saturated heterocycles. The minimum absolute atomic E-state index is 0.0349. The number of carboxylic acid groups (broad SMARTS) is 1. The van der Waals surface area contributed by atoms with Crippen molar-refractivity contribution in [1.82, 2.24) is 4.98 Å². The van der Waals surface area contributed by atoms with Gasteiger partial charge in [-0.15, -0.1) is 0 Å². The van der Waals surface area contributed by atoms with E-state index in [4.69, 9.17) is 14.3 Å². The average Bonchev–Trinajstić information content (AvgIpc) is 2.89. The summed E-state index contributed by atoms with van der Waals surface area (Å²) in [4.78, 5) is 15.2. The normalized spacial score (nSPS) is 10.7. The van der Waals surface area contributed by atoms with Crippen molar-refractivity contribution in [3.8, 4) is 17.2 Å². The predicted molar refractivity (Wildman–Crippen MR) is 77.3 cm³/mol. The highest BCUT2D eigenvalue weighted by Gasteiger charge is 2.13. The molecule has 5 heteroatoms. The van der Waals surface area contributed by atoms with E-state index in [1.54, 1.807) is 25.3 Å². The van der Waals surface area contributed by atoms with Crippen molar-refractivity contribution < 1.29 is 19.1 Å². The molecule has 2 aromatic carbocycles. The fraction of sp³-hybridized carbons (Fsp3) is 0.125. The van der Waals surface area contributed by atoms with E-state index in [0.29, 0.717) is 28.3 Å². The Labute approximate surface area is 120 Å². The lowest BCUT2D eigenvalue weighted by Gasteiger charge is -2.03. The second-order valence-corrected chi connectivity index (χ2v) is 4.59. The van der Waals surface area contributed by atoms with E-state index in [1.807, 2.05) is 24.3 Å². The van der Waals surface area contributed by atoms with Crippen LogP contribution in [0.25, 0.3) is 22.6 Å². The number of para-hydroxylation sites is 1. The first-order valence-electron chi connectivity index (χ1n) is 6.42. The molecule has 1 aromatic heterocycles. The number of carbonyl (C=O) groups is 1.